The average molecular weight is 432 g/mol. The molecule has 1 aromatic carbocycles. The van der Waals surface area contributed by atoms with Crippen molar-refractivity contribution in [2.24, 2.45) is 10.9 Å². The van der Waals surface area contributed by atoms with Crippen molar-refractivity contribution in [1.82, 2.24) is 10.2 Å². The lowest BCUT2D eigenvalue weighted by Crippen LogP contribution is -2.37. The number of aliphatic imine (C=N–C) groups is 1. The monoisotopic (exact) mass is 431 g/mol. The molecule has 3 aliphatic rings. The highest BCUT2D eigenvalue weighted by Crippen LogP contribution is 2.36. The van der Waals surface area contributed by atoms with Crippen LogP contribution in [0.15, 0.2) is 40.7 Å². The van der Waals surface area contributed by atoms with Crippen molar-refractivity contribution in [3.05, 3.63) is 52.4 Å². The standard InChI is InChI=1S/C24H28F3N3O/c1-16-4-5-18(13-21(16)24(25,26)27)14-30(23(15-31)22-3-2-9-29-22)20-7-6-19-11-17(12-20)8-10-28-19/h3-5,9,13,17,19-20,28H,2,6-8,10-12,14H2,1H3. The van der Waals surface area contributed by atoms with Gasteiger partial charge in [-0.3, -0.25) is 4.99 Å². The molecule has 2 fully saturated rings. The predicted octanol–water partition coefficient (Wildman–Crippen LogP) is 4.81. The molecule has 0 radical (unpaired) electrons. The largest absolute Gasteiger partial charge is 0.416 e. The molecule has 4 rings (SSSR count). The van der Waals surface area contributed by atoms with Crippen LogP contribution in [0, 0.1) is 12.8 Å². The predicted molar refractivity (Wildman–Crippen MR) is 114 cm³/mol. The van der Waals surface area contributed by atoms with E-state index >= 15 is 0 Å². The number of aryl methyl sites for hydroxylation is 1. The van der Waals surface area contributed by atoms with Gasteiger partial charge in [-0.15, -0.1) is 0 Å². The fraction of sp³-hybridized carbons (Fsp3) is 0.542. The number of alkyl halides is 3. The number of rotatable bonds is 5. The Morgan fingerprint density at radius 2 is 2.10 bits per heavy atom. The second kappa shape index (κ2) is 9.01. The van der Waals surface area contributed by atoms with E-state index in [0.717, 1.165) is 38.6 Å². The zero-order valence-electron chi connectivity index (χ0n) is 17.7. The van der Waals surface area contributed by atoms with Crippen molar-refractivity contribution in [1.29, 1.82) is 0 Å². The SMILES string of the molecule is Cc1ccc(CN(C(=C=O)C2=CCC=N2)C2CCC3CC(CCN3)C2)cc1C(F)(F)F. The maximum atomic E-state index is 13.5. The number of hydrogen-bond acceptors (Lipinski definition) is 4. The number of piperidine rings is 1. The molecule has 1 aliphatic carbocycles. The topological polar surface area (TPSA) is 44.7 Å². The lowest BCUT2D eigenvalue weighted by Gasteiger charge is -2.35. The first-order valence-corrected chi connectivity index (χ1v) is 11.0. The summed E-state index contributed by atoms with van der Waals surface area (Å²) < 4.78 is 40.4. The van der Waals surface area contributed by atoms with E-state index in [0.29, 0.717) is 35.3 Å². The first-order chi connectivity index (χ1) is 14.8. The van der Waals surface area contributed by atoms with Gasteiger partial charge in [0.2, 0.25) is 0 Å². The van der Waals surface area contributed by atoms with E-state index in [4.69, 9.17) is 0 Å². The summed E-state index contributed by atoms with van der Waals surface area (Å²) in [5.74, 6) is 2.63. The molecule has 3 unspecified atom stereocenters. The molecule has 166 valence electrons. The van der Waals surface area contributed by atoms with Crippen LogP contribution in [-0.4, -0.2) is 35.7 Å². The zero-order valence-corrected chi connectivity index (χ0v) is 17.7. The summed E-state index contributed by atoms with van der Waals surface area (Å²) in [6.45, 7) is 2.70. The van der Waals surface area contributed by atoms with Gasteiger partial charge in [0.1, 0.15) is 5.70 Å². The maximum Gasteiger partial charge on any atom is 0.416 e. The van der Waals surface area contributed by atoms with Crippen LogP contribution in [0.3, 0.4) is 0 Å². The first kappa shape index (κ1) is 21.8. The van der Waals surface area contributed by atoms with E-state index in [2.05, 4.69) is 16.3 Å². The Morgan fingerprint density at radius 1 is 1.26 bits per heavy atom. The van der Waals surface area contributed by atoms with Crippen LogP contribution < -0.4 is 5.32 Å². The number of nitrogens with zero attached hydrogens (tertiary/aromatic N) is 2. The first-order valence-electron chi connectivity index (χ1n) is 11.0. The van der Waals surface area contributed by atoms with Crippen LogP contribution in [0.25, 0.3) is 0 Å². The molecule has 0 spiro atoms. The number of halogens is 3. The van der Waals surface area contributed by atoms with Crippen LogP contribution in [0.1, 0.15) is 55.2 Å². The molecule has 0 aromatic heterocycles. The van der Waals surface area contributed by atoms with Gasteiger partial charge in [0, 0.05) is 31.3 Å². The molecule has 2 bridgehead atoms. The minimum atomic E-state index is -4.41. The Balaban J connectivity index is 1.67. The number of nitrogens with one attached hydrogen (secondary N) is 1. The van der Waals surface area contributed by atoms with Gasteiger partial charge in [0.25, 0.3) is 0 Å². The van der Waals surface area contributed by atoms with Crippen molar-refractivity contribution < 1.29 is 18.0 Å². The van der Waals surface area contributed by atoms with Gasteiger partial charge >= 0.3 is 6.18 Å². The number of fused-ring (bicyclic) bond motifs is 2. The van der Waals surface area contributed by atoms with E-state index in [1.807, 2.05) is 11.0 Å². The minimum absolute atomic E-state index is 0.0682. The molecular weight excluding hydrogens is 403 g/mol. The van der Waals surface area contributed by atoms with Crippen molar-refractivity contribution >= 4 is 12.2 Å². The normalized spacial score (nSPS) is 25.5. The van der Waals surface area contributed by atoms with Gasteiger partial charge in [-0.05, 0) is 68.7 Å². The van der Waals surface area contributed by atoms with E-state index in [1.54, 1.807) is 12.3 Å². The molecule has 2 aliphatic heterocycles. The van der Waals surface area contributed by atoms with Crippen LogP contribution >= 0.6 is 0 Å². The van der Waals surface area contributed by atoms with Crippen molar-refractivity contribution in [2.45, 2.75) is 70.3 Å². The van der Waals surface area contributed by atoms with Crippen LogP contribution in [-0.2, 0) is 17.5 Å². The second-order valence-corrected chi connectivity index (χ2v) is 8.87. The molecular formula is C24H28F3N3O. The lowest BCUT2D eigenvalue weighted by molar-refractivity contribution is -0.138. The van der Waals surface area contributed by atoms with Crippen LogP contribution in [0.4, 0.5) is 13.2 Å². The highest BCUT2D eigenvalue weighted by Gasteiger charge is 2.35. The number of carbonyl (C=O) groups excluding carboxylic acids is 1. The Morgan fingerprint density at radius 3 is 2.81 bits per heavy atom. The summed E-state index contributed by atoms with van der Waals surface area (Å²) in [6.07, 6.45) is 4.87. The Hall–Kier alpha value is -2.37. The zero-order chi connectivity index (χ0) is 22.0. The van der Waals surface area contributed by atoms with E-state index < -0.39 is 11.7 Å². The Bertz CT molecular complexity index is 930. The minimum Gasteiger partial charge on any atom is -0.354 e. The Kier molecular flexibility index (Phi) is 6.35. The maximum absolute atomic E-state index is 13.5. The van der Waals surface area contributed by atoms with Crippen LogP contribution in [0.2, 0.25) is 0 Å². The summed E-state index contributed by atoms with van der Waals surface area (Å²) in [7, 11) is 0. The van der Waals surface area contributed by atoms with Gasteiger partial charge in [-0.2, -0.15) is 13.2 Å². The second-order valence-electron chi connectivity index (χ2n) is 8.87. The van der Waals surface area contributed by atoms with Crippen molar-refractivity contribution in [2.75, 3.05) is 6.54 Å². The third-order valence-corrected chi connectivity index (χ3v) is 6.73. The average Bonchev–Trinajstić information content (AvgIpc) is 3.21. The third kappa shape index (κ3) is 4.94. The fourth-order valence-corrected chi connectivity index (χ4v) is 5.15. The summed E-state index contributed by atoms with van der Waals surface area (Å²) in [5.41, 5.74) is 1.05. The molecule has 1 saturated carbocycles. The summed E-state index contributed by atoms with van der Waals surface area (Å²) >= 11 is 0. The van der Waals surface area contributed by atoms with Crippen molar-refractivity contribution in [3.8, 4) is 0 Å². The molecule has 1 N–H and O–H groups in total. The summed E-state index contributed by atoms with van der Waals surface area (Å²) in [5, 5.41) is 3.57. The highest BCUT2D eigenvalue weighted by atomic mass is 19.4. The van der Waals surface area contributed by atoms with E-state index in [9.17, 15) is 18.0 Å². The fourth-order valence-electron chi connectivity index (χ4n) is 5.15. The van der Waals surface area contributed by atoms with Gasteiger partial charge in [0.15, 0.2) is 5.94 Å². The molecule has 3 atom stereocenters. The van der Waals surface area contributed by atoms with Gasteiger partial charge in [-0.1, -0.05) is 18.2 Å². The molecule has 1 saturated heterocycles. The molecule has 4 nitrogen and oxygen atoms in total. The molecule has 2 heterocycles. The summed E-state index contributed by atoms with van der Waals surface area (Å²) in [4.78, 5) is 18.3. The van der Waals surface area contributed by atoms with Crippen molar-refractivity contribution in [3.63, 3.8) is 0 Å². The molecule has 0 amide bonds. The summed E-state index contributed by atoms with van der Waals surface area (Å²) in [6, 6.07) is 5.00. The van der Waals surface area contributed by atoms with Gasteiger partial charge in [-0.25, -0.2) is 4.79 Å². The number of benzene rings is 1. The lowest BCUT2D eigenvalue weighted by atomic mass is 9.90. The molecule has 1 aromatic rings. The number of hydrogen-bond donors (Lipinski definition) is 1. The Labute approximate surface area is 180 Å². The molecule has 31 heavy (non-hydrogen) atoms. The quantitative estimate of drug-likeness (QED) is 0.681. The van der Waals surface area contributed by atoms with Crippen LogP contribution in [0.5, 0.6) is 0 Å². The molecule has 7 heteroatoms. The van der Waals surface area contributed by atoms with E-state index in [1.165, 1.54) is 19.1 Å². The number of allylic oxidation sites excluding steroid dienone is 1. The van der Waals surface area contributed by atoms with Gasteiger partial charge in [0.05, 0.1) is 11.3 Å². The smallest absolute Gasteiger partial charge is 0.354 e. The van der Waals surface area contributed by atoms with Gasteiger partial charge < -0.3 is 10.2 Å². The van der Waals surface area contributed by atoms with E-state index in [-0.39, 0.29) is 18.2 Å². The third-order valence-electron chi connectivity index (χ3n) is 6.73. The highest BCUT2D eigenvalue weighted by molar-refractivity contribution is 5.71.